The largest absolute Gasteiger partial charge is 0.478 e. The second-order valence-electron chi connectivity index (χ2n) is 4.44. The van der Waals surface area contributed by atoms with Crippen LogP contribution in [-0.4, -0.2) is 11.1 Å². The molecule has 21 heavy (non-hydrogen) atoms. The SMILES string of the molecule is CC(Nc1ccc(C(=O)O)c(C(F)(F)F)c1)c1ccco1. The minimum absolute atomic E-state index is 0.163. The van der Waals surface area contributed by atoms with E-state index in [1.807, 2.05) is 0 Å². The Morgan fingerprint density at radius 1 is 1.33 bits per heavy atom. The van der Waals surface area contributed by atoms with Crippen molar-refractivity contribution in [3.8, 4) is 0 Å². The Hall–Kier alpha value is -2.44. The molecule has 2 rings (SSSR count). The van der Waals surface area contributed by atoms with E-state index in [1.165, 1.54) is 12.3 Å². The number of halogens is 3. The molecular weight excluding hydrogens is 287 g/mol. The second-order valence-corrected chi connectivity index (χ2v) is 4.44. The molecule has 7 heteroatoms. The standard InChI is InChI=1S/C14H12F3NO3/c1-8(12-3-2-6-21-12)18-9-4-5-10(13(19)20)11(7-9)14(15,16)17/h2-8,18H,1H3,(H,19,20). The summed E-state index contributed by atoms with van der Waals surface area (Å²) in [4.78, 5) is 10.9. The number of carboxylic acid groups (broad SMARTS) is 1. The monoisotopic (exact) mass is 299 g/mol. The fourth-order valence-electron chi connectivity index (χ4n) is 1.91. The third-order valence-corrected chi connectivity index (χ3v) is 2.91. The highest BCUT2D eigenvalue weighted by Crippen LogP contribution is 2.34. The molecule has 2 aromatic rings. The second kappa shape index (κ2) is 5.51. The summed E-state index contributed by atoms with van der Waals surface area (Å²) in [5, 5.41) is 11.7. The summed E-state index contributed by atoms with van der Waals surface area (Å²) >= 11 is 0. The third kappa shape index (κ3) is 3.36. The Morgan fingerprint density at radius 3 is 2.57 bits per heavy atom. The molecule has 1 aromatic carbocycles. The summed E-state index contributed by atoms with van der Waals surface area (Å²) in [6.07, 6.45) is -3.28. The number of carboxylic acids is 1. The van der Waals surface area contributed by atoms with Gasteiger partial charge in [0.15, 0.2) is 0 Å². The fourth-order valence-corrected chi connectivity index (χ4v) is 1.91. The molecule has 0 fully saturated rings. The van der Waals surface area contributed by atoms with Crippen molar-refractivity contribution >= 4 is 11.7 Å². The summed E-state index contributed by atoms with van der Waals surface area (Å²) in [5.74, 6) is -1.06. The zero-order chi connectivity index (χ0) is 15.6. The first-order valence-corrected chi connectivity index (χ1v) is 6.03. The van der Waals surface area contributed by atoms with Gasteiger partial charge in [0.25, 0.3) is 0 Å². The highest BCUT2D eigenvalue weighted by Gasteiger charge is 2.35. The van der Waals surface area contributed by atoms with E-state index in [1.54, 1.807) is 19.1 Å². The third-order valence-electron chi connectivity index (χ3n) is 2.91. The number of nitrogens with one attached hydrogen (secondary N) is 1. The van der Waals surface area contributed by atoms with Crippen LogP contribution in [0.3, 0.4) is 0 Å². The molecule has 0 aliphatic heterocycles. The summed E-state index contributed by atoms with van der Waals surface area (Å²) in [5.41, 5.74) is -1.80. The van der Waals surface area contributed by atoms with Crippen LogP contribution in [0.5, 0.6) is 0 Å². The minimum Gasteiger partial charge on any atom is -0.478 e. The van der Waals surface area contributed by atoms with Gasteiger partial charge in [0, 0.05) is 5.69 Å². The summed E-state index contributed by atoms with van der Waals surface area (Å²) in [6.45, 7) is 1.72. The summed E-state index contributed by atoms with van der Waals surface area (Å²) in [7, 11) is 0. The molecule has 0 radical (unpaired) electrons. The lowest BCUT2D eigenvalue weighted by Gasteiger charge is -2.16. The van der Waals surface area contributed by atoms with Crippen LogP contribution in [0.15, 0.2) is 41.0 Å². The van der Waals surface area contributed by atoms with Gasteiger partial charge in [-0.05, 0) is 37.3 Å². The molecule has 0 bridgehead atoms. The highest BCUT2D eigenvalue weighted by molar-refractivity contribution is 5.90. The molecule has 1 atom stereocenters. The van der Waals surface area contributed by atoms with Gasteiger partial charge in [0.1, 0.15) is 5.76 Å². The summed E-state index contributed by atoms with van der Waals surface area (Å²) < 4.78 is 43.8. The van der Waals surface area contributed by atoms with Gasteiger partial charge in [0.05, 0.1) is 23.4 Å². The van der Waals surface area contributed by atoms with Crippen LogP contribution in [0, 0.1) is 0 Å². The summed E-state index contributed by atoms with van der Waals surface area (Å²) in [6, 6.07) is 6.01. The molecule has 0 spiro atoms. The van der Waals surface area contributed by atoms with E-state index in [0.29, 0.717) is 5.76 Å². The van der Waals surface area contributed by atoms with Crippen molar-refractivity contribution in [3.63, 3.8) is 0 Å². The first kappa shape index (κ1) is 15.0. The maximum absolute atomic E-state index is 12.9. The molecule has 1 heterocycles. The van der Waals surface area contributed by atoms with E-state index < -0.39 is 23.3 Å². The highest BCUT2D eigenvalue weighted by atomic mass is 19.4. The number of aromatic carboxylic acids is 1. The van der Waals surface area contributed by atoms with E-state index in [4.69, 9.17) is 9.52 Å². The topological polar surface area (TPSA) is 62.5 Å². The number of anilines is 1. The van der Waals surface area contributed by atoms with E-state index in [2.05, 4.69) is 5.32 Å². The van der Waals surface area contributed by atoms with Crippen LogP contribution in [-0.2, 0) is 6.18 Å². The molecule has 0 amide bonds. The van der Waals surface area contributed by atoms with Crippen LogP contribution < -0.4 is 5.32 Å². The molecule has 0 aliphatic rings. The maximum atomic E-state index is 12.9. The zero-order valence-electron chi connectivity index (χ0n) is 10.9. The lowest BCUT2D eigenvalue weighted by atomic mass is 10.1. The van der Waals surface area contributed by atoms with E-state index in [0.717, 1.165) is 12.1 Å². The quantitative estimate of drug-likeness (QED) is 0.889. The zero-order valence-corrected chi connectivity index (χ0v) is 10.9. The molecule has 0 aliphatic carbocycles. The maximum Gasteiger partial charge on any atom is 0.417 e. The number of benzene rings is 1. The molecule has 112 valence electrons. The van der Waals surface area contributed by atoms with Gasteiger partial charge in [-0.2, -0.15) is 13.2 Å². The van der Waals surface area contributed by atoms with Gasteiger partial charge in [0.2, 0.25) is 0 Å². The van der Waals surface area contributed by atoms with Crippen molar-refractivity contribution in [2.75, 3.05) is 5.32 Å². The predicted molar refractivity (Wildman–Crippen MR) is 69.1 cm³/mol. The van der Waals surface area contributed by atoms with Crippen LogP contribution in [0.25, 0.3) is 0 Å². The molecule has 1 unspecified atom stereocenters. The molecular formula is C14H12F3NO3. The number of alkyl halides is 3. The van der Waals surface area contributed by atoms with E-state index in [-0.39, 0.29) is 11.7 Å². The van der Waals surface area contributed by atoms with E-state index in [9.17, 15) is 18.0 Å². The van der Waals surface area contributed by atoms with Crippen molar-refractivity contribution in [2.45, 2.75) is 19.1 Å². The van der Waals surface area contributed by atoms with Crippen molar-refractivity contribution < 1.29 is 27.5 Å². The molecule has 0 saturated heterocycles. The van der Waals surface area contributed by atoms with Gasteiger partial charge in [-0.1, -0.05) is 0 Å². The van der Waals surface area contributed by atoms with Gasteiger partial charge < -0.3 is 14.8 Å². The number of hydrogen-bond acceptors (Lipinski definition) is 3. The van der Waals surface area contributed by atoms with Gasteiger partial charge >= 0.3 is 12.1 Å². The fraction of sp³-hybridized carbons (Fsp3) is 0.214. The molecule has 2 N–H and O–H groups in total. The average molecular weight is 299 g/mol. The van der Waals surface area contributed by atoms with Crippen molar-refractivity contribution in [1.29, 1.82) is 0 Å². The van der Waals surface area contributed by atoms with Crippen molar-refractivity contribution in [3.05, 3.63) is 53.5 Å². The number of rotatable bonds is 4. The molecule has 4 nitrogen and oxygen atoms in total. The minimum atomic E-state index is -4.74. The Morgan fingerprint density at radius 2 is 2.05 bits per heavy atom. The molecule has 0 saturated carbocycles. The van der Waals surface area contributed by atoms with Crippen molar-refractivity contribution in [1.82, 2.24) is 0 Å². The van der Waals surface area contributed by atoms with Crippen LogP contribution in [0.4, 0.5) is 18.9 Å². The van der Waals surface area contributed by atoms with Crippen molar-refractivity contribution in [2.24, 2.45) is 0 Å². The average Bonchev–Trinajstić information content (AvgIpc) is 2.91. The van der Waals surface area contributed by atoms with Gasteiger partial charge in [-0.3, -0.25) is 0 Å². The van der Waals surface area contributed by atoms with Crippen LogP contribution in [0.1, 0.15) is 34.6 Å². The Labute approximate surface area is 118 Å². The normalized spacial score (nSPS) is 13.0. The smallest absolute Gasteiger partial charge is 0.417 e. The Bertz CT molecular complexity index is 635. The lowest BCUT2D eigenvalue weighted by Crippen LogP contribution is -2.14. The Balaban J connectivity index is 2.32. The predicted octanol–water partition coefficient (Wildman–Crippen LogP) is 4.17. The van der Waals surface area contributed by atoms with Gasteiger partial charge in [-0.25, -0.2) is 4.79 Å². The Kier molecular flexibility index (Phi) is 3.93. The number of carbonyl (C=O) groups is 1. The number of hydrogen-bond donors (Lipinski definition) is 2. The first-order valence-electron chi connectivity index (χ1n) is 6.03. The van der Waals surface area contributed by atoms with Gasteiger partial charge in [-0.15, -0.1) is 0 Å². The lowest BCUT2D eigenvalue weighted by molar-refractivity contribution is -0.138. The first-order chi connectivity index (χ1) is 9.79. The van der Waals surface area contributed by atoms with Crippen LogP contribution >= 0.6 is 0 Å². The van der Waals surface area contributed by atoms with Crippen LogP contribution in [0.2, 0.25) is 0 Å². The van der Waals surface area contributed by atoms with E-state index >= 15 is 0 Å². The number of furan rings is 1. The molecule has 1 aromatic heterocycles.